The first-order chi connectivity index (χ1) is 9.31. The molecular formula is C11H16N2O6S. The fourth-order valence-electron chi connectivity index (χ4n) is 1.21. The van der Waals surface area contributed by atoms with Gasteiger partial charge in [-0.15, -0.1) is 0 Å². The first-order valence-corrected chi connectivity index (χ1v) is 6.29. The van der Waals surface area contributed by atoms with Gasteiger partial charge in [-0.2, -0.15) is 0 Å². The van der Waals surface area contributed by atoms with E-state index in [4.69, 9.17) is 22.4 Å². The fraction of sp³-hybridized carbons (Fsp3) is 0.545. The largest absolute Gasteiger partial charge is 0.481 e. The lowest BCUT2D eigenvalue weighted by Gasteiger charge is -2.07. The standard InChI is InChI=1S/C11H16N2O6S/c14-7(3-1-5-9(16)17)12-11(20)13-8(15)4-2-6-10(18)19/h1-6H2,(H,16,17)(H,18,19)(H2,12,13,14,15,20). The Morgan fingerprint density at radius 1 is 0.750 bits per heavy atom. The van der Waals surface area contributed by atoms with E-state index in [1.54, 1.807) is 0 Å². The van der Waals surface area contributed by atoms with Gasteiger partial charge in [0.15, 0.2) is 5.11 Å². The third-order valence-electron chi connectivity index (χ3n) is 2.09. The van der Waals surface area contributed by atoms with Gasteiger partial charge in [-0.1, -0.05) is 0 Å². The van der Waals surface area contributed by atoms with E-state index < -0.39 is 23.8 Å². The molecule has 0 bridgehead atoms. The SMILES string of the molecule is O=C(O)CCCC(=O)NC(=S)NC(=O)CCCC(=O)O. The molecule has 0 fully saturated rings. The van der Waals surface area contributed by atoms with Crippen LogP contribution in [-0.4, -0.2) is 39.1 Å². The molecule has 0 heterocycles. The summed E-state index contributed by atoms with van der Waals surface area (Å²) in [5.74, 6) is -2.96. The quantitative estimate of drug-likeness (QED) is 0.464. The second-order valence-electron chi connectivity index (χ2n) is 3.92. The van der Waals surface area contributed by atoms with Crippen LogP contribution in [0.3, 0.4) is 0 Å². The van der Waals surface area contributed by atoms with Crippen molar-refractivity contribution in [2.24, 2.45) is 0 Å². The van der Waals surface area contributed by atoms with Crippen LogP contribution in [0.25, 0.3) is 0 Å². The molecule has 0 aromatic rings. The highest BCUT2D eigenvalue weighted by Gasteiger charge is 2.09. The summed E-state index contributed by atoms with van der Waals surface area (Å²) in [4.78, 5) is 43.1. The Bertz CT molecular complexity index is 374. The summed E-state index contributed by atoms with van der Waals surface area (Å²) in [5.41, 5.74) is 0. The van der Waals surface area contributed by atoms with Gasteiger partial charge in [0.2, 0.25) is 11.8 Å². The second-order valence-corrected chi connectivity index (χ2v) is 4.33. The number of hydrogen-bond acceptors (Lipinski definition) is 5. The molecule has 0 atom stereocenters. The van der Waals surface area contributed by atoms with Crippen LogP contribution in [0.1, 0.15) is 38.5 Å². The molecule has 0 aliphatic rings. The van der Waals surface area contributed by atoms with Crippen molar-refractivity contribution in [3.63, 3.8) is 0 Å². The van der Waals surface area contributed by atoms with Crippen LogP contribution in [0.2, 0.25) is 0 Å². The Hall–Kier alpha value is -2.03. The summed E-state index contributed by atoms with van der Waals surface area (Å²) in [6, 6.07) is 0. The molecule has 0 rings (SSSR count). The number of rotatable bonds is 8. The summed E-state index contributed by atoms with van der Waals surface area (Å²) < 4.78 is 0. The highest BCUT2D eigenvalue weighted by molar-refractivity contribution is 7.80. The van der Waals surface area contributed by atoms with Crippen molar-refractivity contribution in [3.8, 4) is 0 Å². The lowest BCUT2D eigenvalue weighted by atomic mass is 10.2. The zero-order valence-electron chi connectivity index (χ0n) is 10.7. The predicted octanol–water partition coefficient (Wildman–Crippen LogP) is 0.0135. The van der Waals surface area contributed by atoms with E-state index in [1.165, 1.54) is 0 Å². The number of hydrogen-bond donors (Lipinski definition) is 4. The van der Waals surface area contributed by atoms with E-state index in [0.29, 0.717) is 0 Å². The lowest BCUT2D eigenvalue weighted by Crippen LogP contribution is -2.42. The number of carbonyl (C=O) groups excluding carboxylic acids is 2. The minimum atomic E-state index is -0.993. The van der Waals surface area contributed by atoms with Gasteiger partial charge in [0, 0.05) is 25.7 Å². The van der Waals surface area contributed by atoms with Crippen molar-refractivity contribution in [3.05, 3.63) is 0 Å². The summed E-state index contributed by atoms with van der Waals surface area (Å²) in [7, 11) is 0. The number of aliphatic carboxylic acids is 2. The van der Waals surface area contributed by atoms with E-state index in [0.717, 1.165) is 0 Å². The zero-order chi connectivity index (χ0) is 15.5. The number of amides is 2. The summed E-state index contributed by atoms with van der Waals surface area (Å²) in [6.07, 6.45) is 0.0821. The van der Waals surface area contributed by atoms with Crippen LogP contribution in [0.4, 0.5) is 0 Å². The molecule has 8 nitrogen and oxygen atoms in total. The van der Waals surface area contributed by atoms with Gasteiger partial charge >= 0.3 is 11.9 Å². The smallest absolute Gasteiger partial charge is 0.303 e. The topological polar surface area (TPSA) is 133 Å². The molecule has 0 aromatic carbocycles. The summed E-state index contributed by atoms with van der Waals surface area (Å²) in [5, 5.41) is 21.1. The third kappa shape index (κ3) is 11.1. The van der Waals surface area contributed by atoms with Gasteiger partial charge in [-0.05, 0) is 25.1 Å². The van der Waals surface area contributed by atoms with Crippen molar-refractivity contribution < 1.29 is 29.4 Å². The van der Waals surface area contributed by atoms with Gasteiger partial charge in [0.05, 0.1) is 0 Å². The van der Waals surface area contributed by atoms with Crippen LogP contribution >= 0.6 is 12.2 Å². The number of carboxylic acid groups (broad SMARTS) is 2. The number of carboxylic acids is 2. The second kappa shape index (κ2) is 9.84. The van der Waals surface area contributed by atoms with Crippen molar-refractivity contribution in [1.29, 1.82) is 0 Å². The molecule has 2 amide bonds. The lowest BCUT2D eigenvalue weighted by molar-refractivity contribution is -0.138. The maximum absolute atomic E-state index is 11.3. The Balaban J connectivity index is 3.80. The molecular weight excluding hydrogens is 288 g/mol. The fourth-order valence-corrected chi connectivity index (χ4v) is 1.44. The molecule has 0 aliphatic carbocycles. The maximum Gasteiger partial charge on any atom is 0.303 e. The zero-order valence-corrected chi connectivity index (χ0v) is 11.5. The van der Waals surface area contributed by atoms with Crippen molar-refractivity contribution >= 4 is 41.1 Å². The molecule has 9 heteroatoms. The van der Waals surface area contributed by atoms with Gasteiger partial charge < -0.3 is 20.8 Å². The maximum atomic E-state index is 11.3. The Labute approximate surface area is 120 Å². The molecule has 20 heavy (non-hydrogen) atoms. The Morgan fingerprint density at radius 2 is 1.10 bits per heavy atom. The molecule has 0 unspecified atom stereocenters. The summed E-state index contributed by atoms with van der Waals surface area (Å²) >= 11 is 4.71. The molecule has 0 spiro atoms. The van der Waals surface area contributed by atoms with E-state index in [9.17, 15) is 19.2 Å². The Morgan fingerprint density at radius 3 is 1.40 bits per heavy atom. The molecule has 0 aliphatic heterocycles. The normalized spacial score (nSPS) is 9.60. The van der Waals surface area contributed by atoms with Gasteiger partial charge in [0.25, 0.3) is 0 Å². The van der Waals surface area contributed by atoms with Crippen LogP contribution in [-0.2, 0) is 19.2 Å². The number of thiocarbonyl (C=S) groups is 1. The van der Waals surface area contributed by atoms with E-state index in [1.807, 2.05) is 0 Å². The molecule has 0 saturated carbocycles. The molecule has 112 valence electrons. The third-order valence-corrected chi connectivity index (χ3v) is 2.30. The van der Waals surface area contributed by atoms with Crippen LogP contribution in [0.5, 0.6) is 0 Å². The van der Waals surface area contributed by atoms with Gasteiger partial charge in [0.1, 0.15) is 0 Å². The van der Waals surface area contributed by atoms with Crippen LogP contribution in [0.15, 0.2) is 0 Å². The van der Waals surface area contributed by atoms with Crippen molar-refractivity contribution in [1.82, 2.24) is 10.6 Å². The highest BCUT2D eigenvalue weighted by atomic mass is 32.1. The molecule has 0 aromatic heterocycles. The average Bonchev–Trinajstić information content (AvgIpc) is 2.26. The van der Waals surface area contributed by atoms with Crippen molar-refractivity contribution in [2.45, 2.75) is 38.5 Å². The first kappa shape index (κ1) is 18.0. The molecule has 4 N–H and O–H groups in total. The van der Waals surface area contributed by atoms with E-state index in [2.05, 4.69) is 10.6 Å². The van der Waals surface area contributed by atoms with E-state index in [-0.39, 0.29) is 43.6 Å². The van der Waals surface area contributed by atoms with Crippen molar-refractivity contribution in [2.75, 3.05) is 0 Å². The molecule has 0 radical (unpaired) electrons. The Kier molecular flexibility index (Phi) is 8.84. The summed E-state index contributed by atoms with van der Waals surface area (Å²) in [6.45, 7) is 0. The van der Waals surface area contributed by atoms with Gasteiger partial charge in [-0.3, -0.25) is 19.2 Å². The molecule has 0 saturated heterocycles. The average molecular weight is 304 g/mol. The number of carbonyl (C=O) groups is 4. The minimum absolute atomic E-state index is 0.0126. The van der Waals surface area contributed by atoms with Crippen LogP contribution in [0, 0.1) is 0 Å². The first-order valence-electron chi connectivity index (χ1n) is 5.88. The minimum Gasteiger partial charge on any atom is -0.481 e. The monoisotopic (exact) mass is 304 g/mol. The van der Waals surface area contributed by atoms with Crippen LogP contribution < -0.4 is 10.6 Å². The van der Waals surface area contributed by atoms with E-state index >= 15 is 0 Å². The number of nitrogens with one attached hydrogen (secondary N) is 2. The van der Waals surface area contributed by atoms with Gasteiger partial charge in [-0.25, -0.2) is 0 Å². The highest BCUT2D eigenvalue weighted by Crippen LogP contribution is 1.96. The predicted molar refractivity (Wildman–Crippen MR) is 71.9 cm³/mol.